The number of aryl methyl sites for hydroxylation is 2. The molecule has 1 aromatic heterocycles. The molecule has 0 amide bonds. The van der Waals surface area contributed by atoms with Crippen LogP contribution in [0.3, 0.4) is 0 Å². The Hall–Kier alpha value is -2.64. The van der Waals surface area contributed by atoms with Gasteiger partial charge in [0.05, 0.1) is 5.69 Å². The zero-order valence-corrected chi connectivity index (χ0v) is 13.0. The Morgan fingerprint density at radius 1 is 1.14 bits per heavy atom. The van der Waals surface area contributed by atoms with Crippen LogP contribution in [0.5, 0.6) is 0 Å². The maximum Gasteiger partial charge on any atom is 0.191 e. The van der Waals surface area contributed by atoms with Crippen LogP contribution in [0.4, 0.5) is 0 Å². The van der Waals surface area contributed by atoms with E-state index in [2.05, 4.69) is 16.4 Å². The van der Waals surface area contributed by atoms with Gasteiger partial charge in [0.15, 0.2) is 5.69 Å². The Morgan fingerprint density at radius 3 is 2.68 bits per heavy atom. The van der Waals surface area contributed by atoms with E-state index >= 15 is 0 Å². The number of hydrogen-bond acceptors (Lipinski definition) is 3. The molecule has 0 spiro atoms. The molecule has 3 rings (SSSR count). The summed E-state index contributed by atoms with van der Waals surface area (Å²) in [6.45, 7) is 3.98. The molecule has 0 fully saturated rings. The summed E-state index contributed by atoms with van der Waals surface area (Å²) in [5.41, 5.74) is 4.81. The molecule has 0 aliphatic rings. The molecule has 1 heterocycles. The van der Waals surface area contributed by atoms with Crippen LogP contribution in [0.25, 0.3) is 16.9 Å². The van der Waals surface area contributed by atoms with Crippen molar-refractivity contribution in [3.05, 3.63) is 64.3 Å². The molecule has 3 aromatic rings. The van der Waals surface area contributed by atoms with Gasteiger partial charge in [-0.1, -0.05) is 46.6 Å². The highest BCUT2D eigenvalue weighted by molar-refractivity contribution is 6.30. The molecule has 0 atom stereocenters. The van der Waals surface area contributed by atoms with Gasteiger partial charge in [-0.2, -0.15) is 5.26 Å². The average molecular weight is 309 g/mol. The van der Waals surface area contributed by atoms with Crippen LogP contribution in [0, 0.1) is 25.2 Å². The van der Waals surface area contributed by atoms with Crippen molar-refractivity contribution in [2.24, 2.45) is 0 Å². The molecule has 5 heteroatoms. The molecule has 0 unspecified atom stereocenters. The second kappa shape index (κ2) is 5.63. The third-order valence-electron chi connectivity index (χ3n) is 3.47. The van der Waals surface area contributed by atoms with Crippen LogP contribution in [-0.2, 0) is 0 Å². The fourth-order valence-corrected chi connectivity index (χ4v) is 2.55. The van der Waals surface area contributed by atoms with E-state index in [1.807, 2.05) is 56.3 Å². The van der Waals surface area contributed by atoms with Gasteiger partial charge in [-0.05, 0) is 37.6 Å². The van der Waals surface area contributed by atoms with Crippen LogP contribution in [0.15, 0.2) is 42.5 Å². The van der Waals surface area contributed by atoms with Gasteiger partial charge in [0, 0.05) is 10.6 Å². The molecular weight excluding hydrogens is 296 g/mol. The van der Waals surface area contributed by atoms with Crippen LogP contribution in [-0.4, -0.2) is 15.0 Å². The first kappa shape index (κ1) is 14.3. The number of hydrogen-bond donors (Lipinski definition) is 0. The van der Waals surface area contributed by atoms with Gasteiger partial charge in [0.2, 0.25) is 0 Å². The van der Waals surface area contributed by atoms with E-state index in [-0.39, 0.29) is 0 Å². The molecule has 0 N–H and O–H groups in total. The largest absolute Gasteiger partial charge is 0.211 e. The van der Waals surface area contributed by atoms with Crippen molar-refractivity contribution in [2.75, 3.05) is 0 Å². The number of rotatable bonds is 2. The first-order valence-electron chi connectivity index (χ1n) is 6.79. The van der Waals surface area contributed by atoms with Crippen molar-refractivity contribution in [1.82, 2.24) is 15.0 Å². The highest BCUT2D eigenvalue weighted by Crippen LogP contribution is 2.28. The van der Waals surface area contributed by atoms with Crippen LogP contribution < -0.4 is 0 Å². The van der Waals surface area contributed by atoms with Crippen molar-refractivity contribution in [1.29, 1.82) is 5.26 Å². The van der Waals surface area contributed by atoms with Crippen LogP contribution in [0.2, 0.25) is 5.02 Å². The molecule has 0 saturated heterocycles. The Morgan fingerprint density at radius 2 is 1.95 bits per heavy atom. The van der Waals surface area contributed by atoms with E-state index in [9.17, 15) is 5.26 Å². The smallest absolute Gasteiger partial charge is 0.191 e. The molecule has 0 bridgehead atoms. The van der Waals surface area contributed by atoms with Gasteiger partial charge in [-0.25, -0.2) is 4.68 Å². The summed E-state index contributed by atoms with van der Waals surface area (Å²) in [7, 11) is 0. The lowest BCUT2D eigenvalue weighted by Crippen LogP contribution is -2.02. The van der Waals surface area contributed by atoms with E-state index in [1.165, 1.54) is 0 Å². The Labute approximate surface area is 133 Å². The van der Waals surface area contributed by atoms with Crippen molar-refractivity contribution in [3.63, 3.8) is 0 Å². The highest BCUT2D eigenvalue weighted by atomic mass is 35.5. The van der Waals surface area contributed by atoms with Gasteiger partial charge >= 0.3 is 0 Å². The minimum Gasteiger partial charge on any atom is -0.211 e. The lowest BCUT2D eigenvalue weighted by Gasteiger charge is -2.10. The maximum absolute atomic E-state index is 9.34. The zero-order chi connectivity index (χ0) is 15.7. The summed E-state index contributed by atoms with van der Waals surface area (Å²) in [4.78, 5) is 0. The van der Waals surface area contributed by atoms with Gasteiger partial charge in [0.1, 0.15) is 11.8 Å². The SMILES string of the molecule is Cc1cccc(-c2c(C#N)nnn2-c2cc(Cl)ccc2C)c1. The second-order valence-electron chi connectivity index (χ2n) is 5.11. The lowest BCUT2D eigenvalue weighted by molar-refractivity contribution is 0.802. The third-order valence-corrected chi connectivity index (χ3v) is 3.70. The Bertz CT molecular complexity index is 890. The normalized spacial score (nSPS) is 10.5. The quantitative estimate of drug-likeness (QED) is 0.717. The number of benzene rings is 2. The fourth-order valence-electron chi connectivity index (χ4n) is 2.39. The van der Waals surface area contributed by atoms with Crippen LogP contribution >= 0.6 is 11.6 Å². The standard InChI is InChI=1S/C17H13ClN4/c1-11-4-3-5-13(8-11)17-15(10-19)20-21-22(17)16-9-14(18)7-6-12(16)2/h3-9H,1-2H3. The average Bonchev–Trinajstić information content (AvgIpc) is 2.93. The molecule has 2 aromatic carbocycles. The minimum absolute atomic E-state index is 0.296. The van der Waals surface area contributed by atoms with Crippen molar-refractivity contribution >= 4 is 11.6 Å². The molecule has 0 aliphatic heterocycles. The monoisotopic (exact) mass is 308 g/mol. The summed E-state index contributed by atoms with van der Waals surface area (Å²) < 4.78 is 1.68. The van der Waals surface area contributed by atoms with Gasteiger partial charge in [-0.15, -0.1) is 5.10 Å². The van der Waals surface area contributed by atoms with E-state index in [0.29, 0.717) is 16.4 Å². The molecule has 0 aliphatic carbocycles. The summed E-state index contributed by atoms with van der Waals surface area (Å²) in [6.07, 6.45) is 0. The summed E-state index contributed by atoms with van der Waals surface area (Å²) >= 11 is 6.10. The highest BCUT2D eigenvalue weighted by Gasteiger charge is 2.17. The van der Waals surface area contributed by atoms with Crippen LogP contribution in [0.1, 0.15) is 16.8 Å². The lowest BCUT2D eigenvalue weighted by atomic mass is 10.1. The Kier molecular flexibility index (Phi) is 3.66. The third kappa shape index (κ3) is 2.47. The molecule has 22 heavy (non-hydrogen) atoms. The summed E-state index contributed by atoms with van der Waals surface area (Å²) in [5, 5.41) is 18.1. The number of nitrogens with zero attached hydrogens (tertiary/aromatic N) is 4. The summed E-state index contributed by atoms with van der Waals surface area (Å²) in [5.74, 6) is 0. The predicted octanol–water partition coefficient (Wildman–Crippen LogP) is 4.08. The Balaban J connectivity index is 2.29. The minimum atomic E-state index is 0.296. The summed E-state index contributed by atoms with van der Waals surface area (Å²) in [6, 6.07) is 15.6. The van der Waals surface area contributed by atoms with Crippen molar-refractivity contribution in [2.45, 2.75) is 13.8 Å². The van der Waals surface area contributed by atoms with E-state index in [4.69, 9.17) is 11.6 Å². The number of nitriles is 1. The first-order valence-corrected chi connectivity index (χ1v) is 7.17. The number of halogens is 1. The first-order chi connectivity index (χ1) is 10.6. The zero-order valence-electron chi connectivity index (χ0n) is 12.2. The number of aromatic nitrogens is 3. The molecule has 4 nitrogen and oxygen atoms in total. The van der Waals surface area contributed by atoms with Crippen molar-refractivity contribution < 1.29 is 0 Å². The second-order valence-corrected chi connectivity index (χ2v) is 5.55. The van der Waals surface area contributed by atoms with Gasteiger partial charge < -0.3 is 0 Å². The molecule has 0 saturated carbocycles. The van der Waals surface area contributed by atoms with Gasteiger partial charge in [0.25, 0.3) is 0 Å². The molecule has 108 valence electrons. The topological polar surface area (TPSA) is 54.5 Å². The van der Waals surface area contributed by atoms with E-state index < -0.39 is 0 Å². The van der Waals surface area contributed by atoms with Crippen molar-refractivity contribution in [3.8, 4) is 23.0 Å². The van der Waals surface area contributed by atoms with Gasteiger partial charge in [-0.3, -0.25) is 0 Å². The molecule has 0 radical (unpaired) electrons. The van der Waals surface area contributed by atoms with E-state index in [0.717, 1.165) is 22.4 Å². The molecular formula is C17H13ClN4. The maximum atomic E-state index is 9.34. The predicted molar refractivity (Wildman–Crippen MR) is 86.0 cm³/mol. The van der Waals surface area contributed by atoms with E-state index in [1.54, 1.807) is 4.68 Å². The fraction of sp³-hybridized carbons (Fsp3) is 0.118.